The monoisotopic (exact) mass is 335 g/mol. The number of thioether (sulfide) groups is 2. The molecule has 0 unspecified atom stereocenters. The van der Waals surface area contributed by atoms with Crippen LogP contribution in [0.25, 0.3) is 5.69 Å². The Morgan fingerprint density at radius 2 is 1.68 bits per heavy atom. The molecule has 0 atom stereocenters. The van der Waals surface area contributed by atoms with Gasteiger partial charge in [0.1, 0.15) is 5.69 Å². The standard InChI is InChI=1S/C16H21N3OS2/c1-13-15(18-11-21-9-6-10-22-12-18)16(20)19(17(13)2)14-7-4-3-5-8-14/h3-5,7-8H,6,9-12H2,1-2H3. The van der Waals surface area contributed by atoms with E-state index < -0.39 is 0 Å². The van der Waals surface area contributed by atoms with Gasteiger partial charge in [-0.3, -0.25) is 9.48 Å². The second kappa shape index (κ2) is 6.87. The zero-order valence-corrected chi connectivity index (χ0v) is 14.6. The van der Waals surface area contributed by atoms with Gasteiger partial charge in [-0.15, -0.1) is 23.5 Å². The topological polar surface area (TPSA) is 30.2 Å². The van der Waals surface area contributed by atoms with E-state index in [2.05, 4.69) is 4.90 Å². The molecule has 0 aliphatic carbocycles. The van der Waals surface area contributed by atoms with Crippen molar-refractivity contribution < 1.29 is 0 Å². The van der Waals surface area contributed by atoms with Gasteiger partial charge in [-0.1, -0.05) is 18.2 Å². The molecule has 0 amide bonds. The molecule has 1 saturated heterocycles. The third-order valence-electron chi connectivity index (χ3n) is 3.91. The van der Waals surface area contributed by atoms with E-state index in [0.29, 0.717) is 0 Å². The van der Waals surface area contributed by atoms with Crippen LogP contribution in [0.5, 0.6) is 0 Å². The second-order valence-corrected chi connectivity index (χ2v) is 7.53. The first-order valence-corrected chi connectivity index (χ1v) is 9.75. The highest BCUT2D eigenvalue weighted by Crippen LogP contribution is 2.25. The quantitative estimate of drug-likeness (QED) is 0.844. The zero-order valence-electron chi connectivity index (χ0n) is 13.0. The molecule has 0 bridgehead atoms. The lowest BCUT2D eigenvalue weighted by atomic mass is 10.3. The SMILES string of the molecule is Cc1c(N2CSCCCSC2)c(=O)n(-c2ccccc2)n1C. The predicted molar refractivity (Wildman–Crippen MR) is 97.5 cm³/mol. The van der Waals surface area contributed by atoms with Crippen LogP contribution in [0.4, 0.5) is 5.69 Å². The van der Waals surface area contributed by atoms with E-state index in [4.69, 9.17) is 0 Å². The fraction of sp³-hybridized carbons (Fsp3) is 0.438. The van der Waals surface area contributed by atoms with Gasteiger partial charge in [0, 0.05) is 7.05 Å². The summed E-state index contributed by atoms with van der Waals surface area (Å²) in [5.74, 6) is 4.12. The van der Waals surface area contributed by atoms with Crippen molar-refractivity contribution in [2.45, 2.75) is 13.3 Å². The van der Waals surface area contributed by atoms with E-state index in [-0.39, 0.29) is 5.56 Å². The van der Waals surface area contributed by atoms with Crippen LogP contribution < -0.4 is 10.5 Å². The number of hydrogen-bond acceptors (Lipinski definition) is 4. The van der Waals surface area contributed by atoms with Crippen molar-refractivity contribution in [3.8, 4) is 5.69 Å². The molecule has 22 heavy (non-hydrogen) atoms. The minimum absolute atomic E-state index is 0.0768. The minimum atomic E-state index is 0.0768. The molecule has 0 radical (unpaired) electrons. The van der Waals surface area contributed by atoms with Gasteiger partial charge < -0.3 is 4.90 Å². The first kappa shape index (κ1) is 15.6. The van der Waals surface area contributed by atoms with Crippen molar-refractivity contribution in [3.05, 3.63) is 46.4 Å². The zero-order chi connectivity index (χ0) is 15.5. The van der Waals surface area contributed by atoms with Gasteiger partial charge in [-0.05, 0) is 37.0 Å². The average molecular weight is 335 g/mol. The summed E-state index contributed by atoms with van der Waals surface area (Å²) < 4.78 is 3.72. The third-order valence-corrected chi connectivity index (χ3v) is 6.05. The van der Waals surface area contributed by atoms with Crippen molar-refractivity contribution in [3.63, 3.8) is 0 Å². The highest BCUT2D eigenvalue weighted by Gasteiger charge is 2.22. The summed E-state index contributed by atoms with van der Waals surface area (Å²) >= 11 is 3.83. The molecular weight excluding hydrogens is 314 g/mol. The van der Waals surface area contributed by atoms with Crippen LogP contribution in [0.2, 0.25) is 0 Å². The van der Waals surface area contributed by atoms with Crippen molar-refractivity contribution in [2.24, 2.45) is 7.05 Å². The third kappa shape index (κ3) is 2.94. The Hall–Kier alpha value is -1.27. The first-order valence-electron chi connectivity index (χ1n) is 7.44. The van der Waals surface area contributed by atoms with Crippen molar-refractivity contribution in [2.75, 3.05) is 28.2 Å². The van der Waals surface area contributed by atoms with Crippen LogP contribution in [0.1, 0.15) is 12.1 Å². The summed E-state index contributed by atoms with van der Waals surface area (Å²) in [4.78, 5) is 15.2. The largest absolute Gasteiger partial charge is 0.347 e. The van der Waals surface area contributed by atoms with Crippen molar-refractivity contribution in [1.29, 1.82) is 0 Å². The predicted octanol–water partition coefficient (Wildman–Crippen LogP) is 3.08. The molecule has 2 aromatic rings. The van der Waals surface area contributed by atoms with Crippen LogP contribution in [0, 0.1) is 6.92 Å². The molecule has 1 aliphatic rings. The molecule has 0 N–H and O–H groups in total. The summed E-state index contributed by atoms with van der Waals surface area (Å²) in [7, 11) is 1.96. The number of rotatable bonds is 2. The number of nitrogens with zero attached hydrogens (tertiary/aromatic N) is 3. The molecule has 3 rings (SSSR count). The van der Waals surface area contributed by atoms with E-state index in [1.807, 2.05) is 72.5 Å². The van der Waals surface area contributed by atoms with E-state index in [0.717, 1.165) is 28.8 Å². The smallest absolute Gasteiger partial charge is 0.295 e. The van der Waals surface area contributed by atoms with E-state index in [1.54, 1.807) is 4.68 Å². The lowest BCUT2D eigenvalue weighted by Crippen LogP contribution is -2.30. The van der Waals surface area contributed by atoms with Gasteiger partial charge in [0.05, 0.1) is 23.1 Å². The number of para-hydroxylation sites is 1. The molecule has 1 aromatic carbocycles. The molecule has 0 saturated carbocycles. The van der Waals surface area contributed by atoms with Crippen LogP contribution in [0.3, 0.4) is 0 Å². The number of anilines is 1. The first-order chi connectivity index (χ1) is 10.7. The van der Waals surface area contributed by atoms with Crippen molar-refractivity contribution in [1.82, 2.24) is 9.36 Å². The van der Waals surface area contributed by atoms with E-state index >= 15 is 0 Å². The summed E-state index contributed by atoms with van der Waals surface area (Å²) in [6.45, 7) is 2.03. The molecule has 1 fully saturated rings. The van der Waals surface area contributed by atoms with Gasteiger partial charge in [-0.2, -0.15) is 0 Å². The fourth-order valence-electron chi connectivity index (χ4n) is 2.70. The van der Waals surface area contributed by atoms with Gasteiger partial charge in [0.15, 0.2) is 0 Å². The Kier molecular flexibility index (Phi) is 4.88. The normalized spacial score (nSPS) is 16.4. The summed E-state index contributed by atoms with van der Waals surface area (Å²) in [5.41, 5.74) is 2.86. The van der Waals surface area contributed by atoms with Crippen molar-refractivity contribution >= 4 is 29.2 Å². The summed E-state index contributed by atoms with van der Waals surface area (Å²) in [5, 5.41) is 0. The maximum atomic E-state index is 13.0. The molecule has 2 heterocycles. The Morgan fingerprint density at radius 1 is 1.05 bits per heavy atom. The molecule has 0 spiro atoms. The maximum absolute atomic E-state index is 13.0. The number of hydrogen-bond donors (Lipinski definition) is 0. The number of benzene rings is 1. The number of aromatic nitrogens is 2. The van der Waals surface area contributed by atoms with E-state index in [1.165, 1.54) is 17.9 Å². The van der Waals surface area contributed by atoms with E-state index in [9.17, 15) is 4.79 Å². The highest BCUT2D eigenvalue weighted by atomic mass is 32.2. The van der Waals surface area contributed by atoms with Crippen LogP contribution in [0.15, 0.2) is 35.1 Å². The average Bonchev–Trinajstić information content (AvgIpc) is 2.71. The molecule has 6 heteroatoms. The Balaban J connectivity index is 2.04. The Bertz CT molecular complexity index is 685. The second-order valence-electron chi connectivity index (χ2n) is 5.38. The maximum Gasteiger partial charge on any atom is 0.295 e. The van der Waals surface area contributed by atoms with Crippen LogP contribution in [-0.2, 0) is 7.05 Å². The van der Waals surface area contributed by atoms with Gasteiger partial charge >= 0.3 is 0 Å². The summed E-state index contributed by atoms with van der Waals surface area (Å²) in [6, 6.07) is 9.84. The van der Waals surface area contributed by atoms with Gasteiger partial charge in [0.2, 0.25) is 0 Å². The molecule has 118 valence electrons. The van der Waals surface area contributed by atoms with Crippen LogP contribution >= 0.6 is 23.5 Å². The molecule has 1 aliphatic heterocycles. The molecular formula is C16H21N3OS2. The minimum Gasteiger partial charge on any atom is -0.347 e. The lowest BCUT2D eigenvalue weighted by molar-refractivity contribution is 0.630. The lowest BCUT2D eigenvalue weighted by Gasteiger charge is -2.24. The fourth-order valence-corrected chi connectivity index (χ4v) is 4.83. The van der Waals surface area contributed by atoms with Crippen LogP contribution in [-0.4, -0.2) is 32.6 Å². The summed E-state index contributed by atoms with van der Waals surface area (Å²) in [6.07, 6.45) is 1.26. The molecule has 4 nitrogen and oxygen atoms in total. The highest BCUT2D eigenvalue weighted by molar-refractivity contribution is 8.00. The Labute approximate surface area is 139 Å². The van der Waals surface area contributed by atoms with Gasteiger partial charge in [-0.25, -0.2) is 4.68 Å². The molecule has 1 aromatic heterocycles. The Morgan fingerprint density at radius 3 is 2.32 bits per heavy atom. The van der Waals surface area contributed by atoms with Gasteiger partial charge in [0.25, 0.3) is 5.56 Å².